The maximum absolute atomic E-state index is 13.6. The van der Waals surface area contributed by atoms with Gasteiger partial charge in [-0.25, -0.2) is 17.5 Å². The van der Waals surface area contributed by atoms with Crippen LogP contribution in [0.1, 0.15) is 25.7 Å². The van der Waals surface area contributed by atoms with Crippen molar-refractivity contribution in [3.63, 3.8) is 0 Å². The molecule has 1 aromatic carbocycles. The summed E-state index contributed by atoms with van der Waals surface area (Å²) in [6.45, 7) is 0. The van der Waals surface area contributed by atoms with Gasteiger partial charge in [0.25, 0.3) is 0 Å². The molecule has 4 nitrogen and oxygen atoms in total. The molecule has 106 valence electrons. The van der Waals surface area contributed by atoms with Gasteiger partial charge < -0.3 is 5.11 Å². The molecular weight excluding hydrogens is 337 g/mol. The normalized spacial score (nSPS) is 24.4. The highest BCUT2D eigenvalue weighted by molar-refractivity contribution is 9.10. The molecule has 19 heavy (non-hydrogen) atoms. The van der Waals surface area contributed by atoms with Gasteiger partial charge in [0.05, 0.1) is 6.10 Å². The van der Waals surface area contributed by atoms with E-state index in [9.17, 15) is 17.9 Å². The summed E-state index contributed by atoms with van der Waals surface area (Å²) < 4.78 is 40.9. The summed E-state index contributed by atoms with van der Waals surface area (Å²) in [5.41, 5.74) is 0. The van der Waals surface area contributed by atoms with Crippen LogP contribution in [-0.4, -0.2) is 25.7 Å². The lowest BCUT2D eigenvalue weighted by Crippen LogP contribution is -2.38. The standard InChI is InChI=1S/C12H15BrFNO3S/c13-8-1-6-11(14)12(7-8)19(17,18)15-9-2-4-10(16)5-3-9/h1,6-7,9-10,15-16H,2-5H2/t9-,10+. The first-order valence-corrected chi connectivity index (χ1v) is 8.31. The minimum Gasteiger partial charge on any atom is -0.393 e. The monoisotopic (exact) mass is 351 g/mol. The Kier molecular flexibility index (Phi) is 4.60. The van der Waals surface area contributed by atoms with Crippen molar-refractivity contribution in [2.75, 3.05) is 0 Å². The average molecular weight is 352 g/mol. The van der Waals surface area contributed by atoms with Gasteiger partial charge in [-0.1, -0.05) is 15.9 Å². The Morgan fingerprint density at radius 3 is 2.53 bits per heavy atom. The molecule has 0 aliphatic heterocycles. The SMILES string of the molecule is O=S(=O)(N[C@H]1CC[C@@H](O)CC1)c1cc(Br)ccc1F. The Hall–Kier alpha value is -0.500. The van der Waals surface area contributed by atoms with Gasteiger partial charge in [0, 0.05) is 10.5 Å². The molecule has 0 spiro atoms. The number of nitrogens with one attached hydrogen (secondary N) is 1. The Labute approximate surface area is 120 Å². The summed E-state index contributed by atoms with van der Waals surface area (Å²) in [4.78, 5) is -0.354. The van der Waals surface area contributed by atoms with E-state index in [0.29, 0.717) is 30.2 Å². The lowest BCUT2D eigenvalue weighted by atomic mass is 9.94. The first-order valence-electron chi connectivity index (χ1n) is 6.04. The van der Waals surface area contributed by atoms with Crippen molar-refractivity contribution in [1.29, 1.82) is 0 Å². The molecule has 1 fully saturated rings. The molecule has 2 rings (SSSR count). The lowest BCUT2D eigenvalue weighted by Gasteiger charge is -2.26. The molecule has 0 bridgehead atoms. The van der Waals surface area contributed by atoms with Crippen LogP contribution in [0.15, 0.2) is 27.6 Å². The predicted octanol–water partition coefficient (Wildman–Crippen LogP) is 2.17. The smallest absolute Gasteiger partial charge is 0.243 e. The Morgan fingerprint density at radius 1 is 1.26 bits per heavy atom. The van der Waals surface area contributed by atoms with Crippen molar-refractivity contribution >= 4 is 26.0 Å². The van der Waals surface area contributed by atoms with E-state index in [0.717, 1.165) is 6.07 Å². The van der Waals surface area contributed by atoms with E-state index < -0.39 is 15.8 Å². The largest absolute Gasteiger partial charge is 0.393 e. The van der Waals surface area contributed by atoms with Gasteiger partial charge in [-0.15, -0.1) is 0 Å². The van der Waals surface area contributed by atoms with Crippen LogP contribution >= 0.6 is 15.9 Å². The van der Waals surface area contributed by atoms with Crippen molar-refractivity contribution in [2.45, 2.75) is 42.7 Å². The molecule has 1 saturated carbocycles. The molecule has 0 heterocycles. The fourth-order valence-electron chi connectivity index (χ4n) is 2.16. The fraction of sp³-hybridized carbons (Fsp3) is 0.500. The minimum atomic E-state index is -3.87. The second-order valence-electron chi connectivity index (χ2n) is 4.70. The van der Waals surface area contributed by atoms with Crippen LogP contribution in [0.5, 0.6) is 0 Å². The molecule has 0 aromatic heterocycles. The topological polar surface area (TPSA) is 66.4 Å². The first-order chi connectivity index (χ1) is 8.88. The number of halogens is 2. The predicted molar refractivity (Wildman–Crippen MR) is 72.7 cm³/mol. The third kappa shape index (κ3) is 3.75. The van der Waals surface area contributed by atoms with Crippen LogP contribution in [0, 0.1) is 5.82 Å². The van der Waals surface area contributed by atoms with Crippen molar-refractivity contribution < 1.29 is 17.9 Å². The quantitative estimate of drug-likeness (QED) is 0.876. The van der Waals surface area contributed by atoms with Crippen LogP contribution in [0.3, 0.4) is 0 Å². The van der Waals surface area contributed by atoms with E-state index in [1.807, 2.05) is 0 Å². The summed E-state index contributed by atoms with van der Waals surface area (Å²) in [5.74, 6) is -0.772. The maximum Gasteiger partial charge on any atom is 0.243 e. The van der Waals surface area contributed by atoms with E-state index in [4.69, 9.17) is 0 Å². The Balaban J connectivity index is 2.16. The molecular formula is C12H15BrFNO3S. The zero-order chi connectivity index (χ0) is 14.0. The molecule has 0 unspecified atom stereocenters. The Bertz CT molecular complexity index is 556. The highest BCUT2D eigenvalue weighted by Gasteiger charge is 2.26. The van der Waals surface area contributed by atoms with Gasteiger partial charge in [-0.3, -0.25) is 0 Å². The number of aliphatic hydroxyl groups is 1. The highest BCUT2D eigenvalue weighted by Crippen LogP contribution is 2.23. The number of benzene rings is 1. The molecule has 0 radical (unpaired) electrons. The molecule has 0 amide bonds. The van der Waals surface area contributed by atoms with Crippen molar-refractivity contribution in [1.82, 2.24) is 4.72 Å². The van der Waals surface area contributed by atoms with Gasteiger partial charge >= 0.3 is 0 Å². The van der Waals surface area contributed by atoms with Gasteiger partial charge in [0.15, 0.2) is 0 Å². The molecule has 1 aliphatic rings. The van der Waals surface area contributed by atoms with E-state index in [-0.39, 0.29) is 17.0 Å². The van der Waals surface area contributed by atoms with Crippen molar-refractivity contribution in [3.8, 4) is 0 Å². The second-order valence-corrected chi connectivity index (χ2v) is 7.30. The van der Waals surface area contributed by atoms with Crippen LogP contribution in [-0.2, 0) is 10.0 Å². The van der Waals surface area contributed by atoms with Crippen LogP contribution < -0.4 is 4.72 Å². The molecule has 2 N–H and O–H groups in total. The number of hydrogen-bond donors (Lipinski definition) is 2. The molecule has 0 saturated heterocycles. The van der Waals surface area contributed by atoms with Crippen LogP contribution in [0.25, 0.3) is 0 Å². The van der Waals surface area contributed by atoms with Crippen molar-refractivity contribution in [3.05, 3.63) is 28.5 Å². The summed E-state index contributed by atoms with van der Waals surface area (Å²) in [5, 5.41) is 9.38. The van der Waals surface area contributed by atoms with Crippen molar-refractivity contribution in [2.24, 2.45) is 0 Å². The minimum absolute atomic E-state index is 0.244. The molecule has 1 aliphatic carbocycles. The van der Waals surface area contributed by atoms with E-state index in [2.05, 4.69) is 20.7 Å². The van der Waals surface area contributed by atoms with Crippen LogP contribution in [0.4, 0.5) is 4.39 Å². The third-order valence-corrected chi connectivity index (χ3v) is 5.23. The average Bonchev–Trinajstić information content (AvgIpc) is 2.35. The number of rotatable bonds is 3. The first kappa shape index (κ1) is 14.9. The number of sulfonamides is 1. The van der Waals surface area contributed by atoms with Gasteiger partial charge in [-0.2, -0.15) is 0 Å². The van der Waals surface area contributed by atoms with Gasteiger partial charge in [0.1, 0.15) is 10.7 Å². The third-order valence-electron chi connectivity index (χ3n) is 3.20. The maximum atomic E-state index is 13.6. The Morgan fingerprint density at radius 2 is 1.89 bits per heavy atom. The summed E-state index contributed by atoms with van der Waals surface area (Å²) >= 11 is 3.13. The van der Waals surface area contributed by atoms with E-state index >= 15 is 0 Å². The summed E-state index contributed by atoms with van der Waals surface area (Å²) in [6, 6.07) is 3.57. The van der Waals surface area contributed by atoms with Crippen LogP contribution in [0.2, 0.25) is 0 Å². The zero-order valence-electron chi connectivity index (χ0n) is 10.1. The molecule has 1 aromatic rings. The lowest BCUT2D eigenvalue weighted by molar-refractivity contribution is 0.120. The molecule has 0 atom stereocenters. The summed E-state index contributed by atoms with van der Waals surface area (Å²) in [7, 11) is -3.87. The zero-order valence-corrected chi connectivity index (χ0v) is 12.5. The summed E-state index contributed by atoms with van der Waals surface area (Å²) in [6.07, 6.45) is 1.90. The fourth-order valence-corrected chi connectivity index (χ4v) is 4.08. The van der Waals surface area contributed by atoms with Gasteiger partial charge in [0.2, 0.25) is 10.0 Å². The van der Waals surface area contributed by atoms with E-state index in [1.54, 1.807) is 0 Å². The number of hydrogen-bond acceptors (Lipinski definition) is 3. The number of aliphatic hydroxyl groups excluding tert-OH is 1. The van der Waals surface area contributed by atoms with Gasteiger partial charge in [-0.05, 0) is 43.9 Å². The second kappa shape index (κ2) is 5.87. The molecule has 7 heteroatoms. The van der Waals surface area contributed by atoms with E-state index in [1.165, 1.54) is 12.1 Å². The highest BCUT2D eigenvalue weighted by atomic mass is 79.9.